The van der Waals surface area contributed by atoms with Gasteiger partial charge in [0.1, 0.15) is 24.4 Å². The van der Waals surface area contributed by atoms with Gasteiger partial charge in [-0.1, -0.05) is 152 Å². The van der Waals surface area contributed by atoms with Crippen molar-refractivity contribution in [3.8, 4) is 0 Å². The molecule has 1 aliphatic rings. The van der Waals surface area contributed by atoms with Crippen molar-refractivity contribution in [1.29, 1.82) is 0 Å². The van der Waals surface area contributed by atoms with Crippen molar-refractivity contribution in [2.24, 2.45) is 0 Å². The summed E-state index contributed by atoms with van der Waals surface area (Å²) in [5.41, 5.74) is 5.67. The normalized spacial score (nSPS) is 21.0. The maximum Gasteiger partial charge on any atom is 0.115 e. The van der Waals surface area contributed by atoms with Gasteiger partial charge in [-0.05, 0) is 40.7 Å². The van der Waals surface area contributed by atoms with Gasteiger partial charge in [0.05, 0.1) is 39.1 Å². The molecular formula is C42H44O5. The zero-order valence-electron chi connectivity index (χ0n) is 26.8. The van der Waals surface area contributed by atoms with Crippen LogP contribution in [0.1, 0.15) is 34.2 Å². The Morgan fingerprint density at radius 3 is 1.19 bits per heavy atom. The van der Waals surface area contributed by atoms with Crippen LogP contribution in [0.25, 0.3) is 0 Å². The minimum Gasteiger partial charge on any atom is -0.374 e. The highest BCUT2D eigenvalue weighted by Gasteiger charge is 2.48. The molecule has 5 nitrogen and oxygen atoms in total. The van der Waals surface area contributed by atoms with Crippen molar-refractivity contribution < 1.29 is 23.7 Å². The molecule has 5 heteroatoms. The molecular weight excluding hydrogens is 584 g/mol. The lowest BCUT2D eigenvalue weighted by atomic mass is 9.91. The minimum absolute atomic E-state index is 0.235. The van der Waals surface area contributed by atoms with Gasteiger partial charge in [-0.25, -0.2) is 0 Å². The summed E-state index contributed by atoms with van der Waals surface area (Å²) < 4.78 is 33.7. The number of hydrogen-bond acceptors (Lipinski definition) is 5. The lowest BCUT2D eigenvalue weighted by molar-refractivity contribution is -0.273. The van der Waals surface area contributed by atoms with Crippen molar-refractivity contribution in [3.05, 3.63) is 179 Å². The quantitative estimate of drug-likeness (QED) is 0.110. The molecule has 0 unspecified atom stereocenters. The Hall–Kier alpha value is -4.10. The van der Waals surface area contributed by atoms with Crippen molar-refractivity contribution in [2.75, 3.05) is 6.61 Å². The van der Waals surface area contributed by atoms with Crippen molar-refractivity contribution >= 4 is 0 Å². The third kappa shape index (κ3) is 9.94. The molecule has 1 saturated heterocycles. The van der Waals surface area contributed by atoms with E-state index in [0.29, 0.717) is 33.0 Å². The van der Waals surface area contributed by atoms with Crippen molar-refractivity contribution in [1.82, 2.24) is 0 Å². The van der Waals surface area contributed by atoms with Gasteiger partial charge in [0.25, 0.3) is 0 Å². The Morgan fingerprint density at radius 1 is 0.383 bits per heavy atom. The molecule has 0 amide bonds. The maximum absolute atomic E-state index is 6.98. The van der Waals surface area contributed by atoms with E-state index in [1.165, 1.54) is 5.56 Å². The van der Waals surface area contributed by atoms with Crippen LogP contribution in [0, 0.1) is 0 Å². The number of rotatable bonds is 16. The van der Waals surface area contributed by atoms with Crippen LogP contribution in [0.15, 0.2) is 152 Å². The first-order valence-electron chi connectivity index (χ1n) is 16.6. The monoisotopic (exact) mass is 628 g/mol. The molecule has 0 spiro atoms. The molecule has 1 aliphatic heterocycles. The molecule has 5 aromatic rings. The molecule has 0 radical (unpaired) electrons. The standard InChI is InChI=1S/C42H44O5/c1-6-16-33(17-7-1)26-27-38-40(44-29-35-20-10-3-11-21-35)42(46-31-37-24-14-5-15-25-37)41(45-30-36-22-12-4-13-23-36)39(47-38)32-43-28-34-18-8-2-9-19-34/h1-25,38-42H,26-32H2/t38-,39+,40-,41+,42+/m0/s1. The van der Waals surface area contributed by atoms with Crippen LogP contribution in [0.5, 0.6) is 0 Å². The number of ether oxygens (including phenoxy) is 5. The van der Waals surface area contributed by atoms with E-state index in [-0.39, 0.29) is 18.3 Å². The average molecular weight is 629 g/mol. The Bertz CT molecular complexity index is 1550. The van der Waals surface area contributed by atoms with Gasteiger partial charge >= 0.3 is 0 Å². The van der Waals surface area contributed by atoms with Crippen LogP contribution in [-0.2, 0) is 56.5 Å². The Kier molecular flexibility index (Phi) is 12.4. The summed E-state index contributed by atoms with van der Waals surface area (Å²) in [6.07, 6.45) is -0.161. The first-order chi connectivity index (χ1) is 23.3. The second-order valence-corrected chi connectivity index (χ2v) is 12.0. The summed E-state index contributed by atoms with van der Waals surface area (Å²) in [5, 5.41) is 0. The van der Waals surface area contributed by atoms with E-state index in [4.69, 9.17) is 23.7 Å². The van der Waals surface area contributed by atoms with E-state index in [0.717, 1.165) is 35.1 Å². The lowest BCUT2D eigenvalue weighted by Crippen LogP contribution is -2.61. The minimum atomic E-state index is -0.427. The van der Waals surface area contributed by atoms with Gasteiger partial charge in [-0.2, -0.15) is 0 Å². The number of hydrogen-bond donors (Lipinski definition) is 0. The van der Waals surface area contributed by atoms with E-state index in [2.05, 4.69) is 78.9 Å². The molecule has 6 rings (SSSR count). The summed E-state index contributed by atoms with van der Waals surface area (Å²) >= 11 is 0. The van der Waals surface area contributed by atoms with E-state index in [1.807, 2.05) is 72.8 Å². The molecule has 0 aliphatic carbocycles. The lowest BCUT2D eigenvalue weighted by Gasteiger charge is -2.46. The van der Waals surface area contributed by atoms with Crippen LogP contribution in [0.2, 0.25) is 0 Å². The van der Waals surface area contributed by atoms with Gasteiger partial charge in [-0.3, -0.25) is 0 Å². The van der Waals surface area contributed by atoms with E-state index in [9.17, 15) is 0 Å². The van der Waals surface area contributed by atoms with E-state index >= 15 is 0 Å². The highest BCUT2D eigenvalue weighted by Crippen LogP contribution is 2.33. The van der Waals surface area contributed by atoms with E-state index < -0.39 is 12.2 Å². The van der Waals surface area contributed by atoms with Gasteiger partial charge in [0.15, 0.2) is 0 Å². The first-order valence-corrected chi connectivity index (χ1v) is 16.6. The van der Waals surface area contributed by atoms with Crippen LogP contribution in [-0.4, -0.2) is 37.1 Å². The van der Waals surface area contributed by atoms with Gasteiger partial charge in [0, 0.05) is 0 Å². The second-order valence-electron chi connectivity index (χ2n) is 12.0. The summed E-state index contributed by atoms with van der Waals surface area (Å²) in [6, 6.07) is 51.6. The van der Waals surface area contributed by atoms with Crippen molar-refractivity contribution in [3.63, 3.8) is 0 Å². The molecule has 1 fully saturated rings. The van der Waals surface area contributed by atoms with Crippen molar-refractivity contribution in [2.45, 2.75) is 69.8 Å². The zero-order chi connectivity index (χ0) is 31.9. The Morgan fingerprint density at radius 2 is 0.745 bits per heavy atom. The molecule has 0 N–H and O–H groups in total. The third-order valence-corrected chi connectivity index (χ3v) is 8.54. The number of aryl methyl sites for hydroxylation is 1. The largest absolute Gasteiger partial charge is 0.374 e. The SMILES string of the molecule is c1ccc(CC[C@@H]2O[C@H](COCc3ccccc3)[C@@H](OCc3ccccc3)[C@H](OCc3ccccc3)[C@H]2OCc2ccccc2)cc1. The second kappa shape index (κ2) is 17.7. The Labute approximate surface area is 279 Å². The molecule has 0 aromatic heterocycles. The van der Waals surface area contributed by atoms with Gasteiger partial charge in [0.2, 0.25) is 0 Å². The molecule has 0 bridgehead atoms. The first kappa shape index (κ1) is 32.8. The molecule has 5 atom stereocenters. The molecule has 1 heterocycles. The summed E-state index contributed by atoms with van der Waals surface area (Å²) in [4.78, 5) is 0. The molecule has 0 saturated carbocycles. The Balaban J connectivity index is 1.29. The summed E-state index contributed by atoms with van der Waals surface area (Å²) in [6.45, 7) is 2.17. The van der Waals surface area contributed by atoms with E-state index in [1.54, 1.807) is 0 Å². The van der Waals surface area contributed by atoms with Gasteiger partial charge < -0.3 is 23.7 Å². The predicted octanol–water partition coefficient (Wildman–Crippen LogP) is 8.36. The highest BCUT2D eigenvalue weighted by molar-refractivity contribution is 5.18. The fraction of sp³-hybridized carbons (Fsp3) is 0.286. The average Bonchev–Trinajstić information content (AvgIpc) is 3.14. The van der Waals surface area contributed by atoms with Gasteiger partial charge in [-0.15, -0.1) is 0 Å². The highest BCUT2D eigenvalue weighted by atomic mass is 16.6. The fourth-order valence-corrected chi connectivity index (χ4v) is 6.07. The summed E-state index contributed by atoms with van der Waals surface area (Å²) in [7, 11) is 0. The molecule has 5 aromatic carbocycles. The molecule has 47 heavy (non-hydrogen) atoms. The van der Waals surface area contributed by atoms with Crippen LogP contribution >= 0.6 is 0 Å². The molecule has 242 valence electrons. The maximum atomic E-state index is 6.98. The predicted molar refractivity (Wildman–Crippen MR) is 185 cm³/mol. The number of benzene rings is 5. The van der Waals surface area contributed by atoms with Crippen LogP contribution < -0.4 is 0 Å². The fourth-order valence-electron chi connectivity index (χ4n) is 6.07. The zero-order valence-corrected chi connectivity index (χ0v) is 26.8. The van der Waals surface area contributed by atoms with Crippen LogP contribution in [0.3, 0.4) is 0 Å². The van der Waals surface area contributed by atoms with Crippen LogP contribution in [0.4, 0.5) is 0 Å². The third-order valence-electron chi connectivity index (χ3n) is 8.54. The topological polar surface area (TPSA) is 46.2 Å². The summed E-state index contributed by atoms with van der Waals surface area (Å²) in [5.74, 6) is 0. The smallest absolute Gasteiger partial charge is 0.115 e.